The molecule has 0 saturated heterocycles. The van der Waals surface area contributed by atoms with E-state index >= 15 is 0 Å². The van der Waals surface area contributed by atoms with Crippen LogP contribution in [0.25, 0.3) is 11.3 Å². The first-order valence-corrected chi connectivity index (χ1v) is 7.80. The molecule has 0 N–H and O–H groups in total. The number of hydrogen-bond donors (Lipinski definition) is 0. The molecule has 0 aliphatic carbocycles. The lowest BCUT2D eigenvalue weighted by Crippen LogP contribution is -2.30. The summed E-state index contributed by atoms with van der Waals surface area (Å²) in [5, 5.41) is 0. The van der Waals surface area contributed by atoms with Crippen molar-refractivity contribution in [3.8, 4) is 11.3 Å². The minimum absolute atomic E-state index is 0.0158. The van der Waals surface area contributed by atoms with Gasteiger partial charge in [-0.1, -0.05) is 60.7 Å². The minimum atomic E-state index is -0.726. The first kappa shape index (κ1) is 16.0. The summed E-state index contributed by atoms with van der Waals surface area (Å²) in [5.74, 6) is 0.725. The predicted octanol–water partition coefficient (Wildman–Crippen LogP) is 4.36. The van der Waals surface area contributed by atoms with Gasteiger partial charge in [0.15, 0.2) is 12.4 Å². The van der Waals surface area contributed by atoms with Crippen molar-refractivity contribution in [2.24, 2.45) is 0 Å². The Balaban J connectivity index is 1.66. The molecule has 4 heteroatoms. The van der Waals surface area contributed by atoms with E-state index < -0.39 is 5.41 Å². The third-order valence-electron chi connectivity index (χ3n) is 3.94. The molecular formula is C20H19NO3. The number of oxazole rings is 1. The second-order valence-corrected chi connectivity index (χ2v) is 6.05. The third-order valence-corrected chi connectivity index (χ3v) is 3.94. The quantitative estimate of drug-likeness (QED) is 0.655. The number of nitrogens with zero attached hydrogens (tertiary/aromatic N) is 1. The maximum Gasteiger partial charge on any atom is 0.316 e. The summed E-state index contributed by atoms with van der Waals surface area (Å²) < 4.78 is 11.1. The number of esters is 1. The number of aromatic nitrogens is 1. The number of carbonyl (C=O) groups is 1. The summed E-state index contributed by atoms with van der Waals surface area (Å²) in [4.78, 5) is 16.6. The van der Waals surface area contributed by atoms with Gasteiger partial charge in [-0.3, -0.25) is 4.79 Å². The molecule has 1 aromatic heterocycles. The predicted molar refractivity (Wildman–Crippen MR) is 91.2 cm³/mol. The van der Waals surface area contributed by atoms with Crippen LogP contribution in [0.4, 0.5) is 0 Å². The Bertz CT molecular complexity index is 807. The fourth-order valence-corrected chi connectivity index (χ4v) is 2.39. The molecule has 122 valence electrons. The largest absolute Gasteiger partial charge is 0.455 e. The van der Waals surface area contributed by atoms with Crippen LogP contribution in [0.2, 0.25) is 0 Å². The summed E-state index contributed by atoms with van der Waals surface area (Å²) in [6, 6.07) is 19.2. The van der Waals surface area contributed by atoms with Gasteiger partial charge in [0.1, 0.15) is 0 Å². The van der Waals surface area contributed by atoms with E-state index in [4.69, 9.17) is 9.15 Å². The average Bonchev–Trinajstić information content (AvgIpc) is 3.10. The van der Waals surface area contributed by atoms with Gasteiger partial charge >= 0.3 is 5.97 Å². The van der Waals surface area contributed by atoms with Crippen LogP contribution in [0.5, 0.6) is 0 Å². The van der Waals surface area contributed by atoms with Gasteiger partial charge in [0.05, 0.1) is 11.6 Å². The summed E-state index contributed by atoms with van der Waals surface area (Å²) in [6.45, 7) is 3.70. The van der Waals surface area contributed by atoms with E-state index in [1.165, 1.54) is 0 Å². The molecule has 0 saturated carbocycles. The van der Waals surface area contributed by atoms with Gasteiger partial charge in [0.25, 0.3) is 0 Å². The van der Waals surface area contributed by atoms with Crippen LogP contribution >= 0.6 is 0 Å². The maximum atomic E-state index is 12.4. The highest BCUT2D eigenvalue weighted by Gasteiger charge is 2.31. The van der Waals surface area contributed by atoms with Crippen molar-refractivity contribution in [3.63, 3.8) is 0 Å². The summed E-state index contributed by atoms with van der Waals surface area (Å²) in [5.41, 5.74) is 1.12. The fourth-order valence-electron chi connectivity index (χ4n) is 2.39. The zero-order chi connectivity index (χ0) is 17.0. The van der Waals surface area contributed by atoms with Crippen LogP contribution in [0, 0.1) is 0 Å². The lowest BCUT2D eigenvalue weighted by Gasteiger charge is -2.22. The topological polar surface area (TPSA) is 52.3 Å². The zero-order valence-corrected chi connectivity index (χ0v) is 13.7. The Morgan fingerprint density at radius 3 is 2.33 bits per heavy atom. The van der Waals surface area contributed by atoms with E-state index in [-0.39, 0.29) is 12.6 Å². The first-order valence-electron chi connectivity index (χ1n) is 7.80. The Kier molecular flexibility index (Phi) is 4.47. The lowest BCUT2D eigenvalue weighted by molar-refractivity contribution is -0.151. The van der Waals surface area contributed by atoms with E-state index in [0.29, 0.717) is 11.7 Å². The summed E-state index contributed by atoms with van der Waals surface area (Å²) in [7, 11) is 0. The molecule has 2 aromatic carbocycles. The highest BCUT2D eigenvalue weighted by molar-refractivity contribution is 5.82. The number of rotatable bonds is 5. The second kappa shape index (κ2) is 6.71. The van der Waals surface area contributed by atoms with Gasteiger partial charge in [0, 0.05) is 5.56 Å². The van der Waals surface area contributed by atoms with Crippen molar-refractivity contribution >= 4 is 5.97 Å². The van der Waals surface area contributed by atoms with Crippen molar-refractivity contribution < 1.29 is 13.9 Å². The van der Waals surface area contributed by atoms with Gasteiger partial charge in [-0.05, 0) is 19.4 Å². The van der Waals surface area contributed by atoms with Crippen LogP contribution in [0.15, 0.2) is 71.3 Å². The van der Waals surface area contributed by atoms with Crippen molar-refractivity contribution in [2.75, 3.05) is 0 Å². The highest BCUT2D eigenvalue weighted by atomic mass is 16.5. The van der Waals surface area contributed by atoms with E-state index in [2.05, 4.69) is 4.98 Å². The van der Waals surface area contributed by atoms with Crippen LogP contribution in [-0.2, 0) is 21.6 Å². The van der Waals surface area contributed by atoms with Crippen molar-refractivity contribution in [1.29, 1.82) is 0 Å². The summed E-state index contributed by atoms with van der Waals surface area (Å²) in [6.07, 6.45) is 1.64. The Hall–Kier alpha value is -2.88. The molecule has 0 aliphatic rings. The minimum Gasteiger partial charge on any atom is -0.455 e. The normalized spacial score (nSPS) is 11.2. The summed E-state index contributed by atoms with van der Waals surface area (Å²) >= 11 is 0. The number of ether oxygens (including phenoxy) is 1. The lowest BCUT2D eigenvalue weighted by atomic mass is 9.85. The standard InChI is InChI=1S/C20H19NO3/c1-20(2,16-11-7-4-8-12-16)19(22)23-14-18-21-13-17(24-18)15-9-5-3-6-10-15/h3-13H,14H2,1-2H3. The second-order valence-electron chi connectivity index (χ2n) is 6.05. The Labute approximate surface area is 141 Å². The molecule has 0 radical (unpaired) electrons. The highest BCUT2D eigenvalue weighted by Crippen LogP contribution is 2.25. The van der Waals surface area contributed by atoms with Crippen LogP contribution < -0.4 is 0 Å². The molecule has 0 fully saturated rings. The molecule has 3 aromatic rings. The van der Waals surface area contributed by atoms with Gasteiger partial charge in [-0.15, -0.1) is 0 Å². The molecule has 0 amide bonds. The molecule has 0 bridgehead atoms. The molecule has 3 rings (SSSR count). The van der Waals surface area contributed by atoms with E-state index in [1.54, 1.807) is 6.20 Å². The number of carbonyl (C=O) groups excluding carboxylic acids is 1. The number of hydrogen-bond acceptors (Lipinski definition) is 4. The van der Waals surface area contributed by atoms with Crippen LogP contribution in [-0.4, -0.2) is 11.0 Å². The van der Waals surface area contributed by atoms with Gasteiger partial charge in [-0.25, -0.2) is 4.98 Å². The van der Waals surface area contributed by atoms with E-state index in [1.807, 2.05) is 74.5 Å². The monoisotopic (exact) mass is 321 g/mol. The maximum absolute atomic E-state index is 12.4. The third kappa shape index (κ3) is 3.38. The fraction of sp³-hybridized carbons (Fsp3) is 0.200. The van der Waals surface area contributed by atoms with Crippen LogP contribution in [0.3, 0.4) is 0 Å². The molecule has 4 nitrogen and oxygen atoms in total. The smallest absolute Gasteiger partial charge is 0.316 e. The molecule has 0 atom stereocenters. The SMILES string of the molecule is CC(C)(C(=O)OCc1ncc(-c2ccccc2)o1)c1ccccc1. The van der Waals surface area contributed by atoms with Crippen LogP contribution in [0.1, 0.15) is 25.3 Å². The molecule has 1 heterocycles. The number of benzene rings is 2. The van der Waals surface area contributed by atoms with E-state index in [0.717, 1.165) is 11.1 Å². The van der Waals surface area contributed by atoms with E-state index in [9.17, 15) is 4.79 Å². The van der Waals surface area contributed by atoms with Crippen molar-refractivity contribution in [1.82, 2.24) is 4.98 Å². The Morgan fingerprint density at radius 2 is 1.67 bits per heavy atom. The molecule has 0 unspecified atom stereocenters. The molecule has 24 heavy (non-hydrogen) atoms. The Morgan fingerprint density at radius 1 is 1.04 bits per heavy atom. The first-order chi connectivity index (χ1) is 11.6. The zero-order valence-electron chi connectivity index (χ0n) is 13.7. The molecule has 0 spiro atoms. The molecule has 0 aliphatic heterocycles. The molecular weight excluding hydrogens is 302 g/mol. The van der Waals surface area contributed by atoms with Gasteiger partial charge in [-0.2, -0.15) is 0 Å². The van der Waals surface area contributed by atoms with Crippen molar-refractivity contribution in [3.05, 3.63) is 78.3 Å². The average molecular weight is 321 g/mol. The van der Waals surface area contributed by atoms with Crippen molar-refractivity contribution in [2.45, 2.75) is 25.9 Å². The van der Waals surface area contributed by atoms with Gasteiger partial charge < -0.3 is 9.15 Å². The van der Waals surface area contributed by atoms with Gasteiger partial charge in [0.2, 0.25) is 5.89 Å².